The van der Waals surface area contributed by atoms with Crippen LogP contribution in [-0.4, -0.2) is 60.0 Å². The van der Waals surface area contributed by atoms with Gasteiger partial charge in [0.25, 0.3) is 5.88 Å². The molecular weight excluding hydrogens is 438 g/mol. The maximum atomic E-state index is 13.2. The molecule has 1 aromatic heterocycles. The molecule has 35 heavy (non-hydrogen) atoms. The molecule has 3 aromatic rings. The topological polar surface area (TPSA) is 61.8 Å². The van der Waals surface area contributed by atoms with Gasteiger partial charge in [-0.25, -0.2) is 9.97 Å². The van der Waals surface area contributed by atoms with Gasteiger partial charge in [-0.3, -0.25) is 4.79 Å². The van der Waals surface area contributed by atoms with E-state index >= 15 is 0 Å². The highest BCUT2D eigenvalue weighted by atomic mass is 16.5. The number of para-hydroxylation sites is 1. The number of aromatic nitrogens is 2. The first-order valence-electron chi connectivity index (χ1n) is 12.6. The summed E-state index contributed by atoms with van der Waals surface area (Å²) < 4.78 is 6.08. The Balaban J connectivity index is 1.16. The summed E-state index contributed by atoms with van der Waals surface area (Å²) in [4.78, 5) is 28.9. The Morgan fingerprint density at radius 3 is 2.23 bits per heavy atom. The molecule has 7 nitrogen and oxygen atoms in total. The van der Waals surface area contributed by atoms with Gasteiger partial charge in [0.15, 0.2) is 5.82 Å². The van der Waals surface area contributed by atoms with Crippen LogP contribution >= 0.6 is 0 Å². The van der Waals surface area contributed by atoms with Crippen molar-refractivity contribution in [2.24, 2.45) is 5.92 Å². The van der Waals surface area contributed by atoms with E-state index < -0.39 is 0 Å². The molecule has 0 radical (unpaired) electrons. The molecule has 0 saturated carbocycles. The molecule has 7 heteroatoms. The van der Waals surface area contributed by atoms with Gasteiger partial charge in [-0.1, -0.05) is 37.3 Å². The molecule has 2 aliphatic heterocycles. The van der Waals surface area contributed by atoms with Gasteiger partial charge in [-0.2, -0.15) is 0 Å². The maximum Gasteiger partial charge on any atom is 0.263 e. The zero-order valence-corrected chi connectivity index (χ0v) is 20.3. The number of nitrogens with zero attached hydrogens (tertiary/aromatic N) is 5. The second-order valence-corrected chi connectivity index (χ2v) is 9.19. The van der Waals surface area contributed by atoms with Gasteiger partial charge in [0.2, 0.25) is 5.91 Å². The lowest BCUT2D eigenvalue weighted by Crippen LogP contribution is -2.51. The van der Waals surface area contributed by atoms with E-state index in [1.807, 2.05) is 18.2 Å². The van der Waals surface area contributed by atoms with E-state index in [2.05, 4.69) is 68.0 Å². The number of carbonyl (C=O) groups excluding carboxylic acids is 1. The minimum Gasteiger partial charge on any atom is -0.436 e. The molecule has 2 saturated heterocycles. The molecule has 5 rings (SSSR count). The van der Waals surface area contributed by atoms with Crippen LogP contribution in [0.2, 0.25) is 0 Å². The SMILES string of the molecule is CCc1ccc(Oc2nccnc2N2CCC(C(=O)N3CCN(c4ccccc4)CC3)CC2)cc1. The lowest BCUT2D eigenvalue weighted by atomic mass is 9.95. The van der Waals surface area contributed by atoms with Crippen molar-refractivity contribution in [2.75, 3.05) is 49.1 Å². The number of ether oxygens (including phenoxy) is 1. The second-order valence-electron chi connectivity index (χ2n) is 9.19. The smallest absolute Gasteiger partial charge is 0.263 e. The monoisotopic (exact) mass is 471 g/mol. The predicted octanol–water partition coefficient (Wildman–Crippen LogP) is 4.40. The first-order chi connectivity index (χ1) is 17.2. The molecule has 0 aliphatic carbocycles. The molecule has 182 valence electrons. The van der Waals surface area contributed by atoms with E-state index in [9.17, 15) is 4.79 Å². The number of amides is 1. The van der Waals surface area contributed by atoms with Crippen molar-refractivity contribution >= 4 is 17.4 Å². The number of benzene rings is 2. The zero-order valence-electron chi connectivity index (χ0n) is 20.3. The second kappa shape index (κ2) is 10.8. The summed E-state index contributed by atoms with van der Waals surface area (Å²) in [6.45, 7) is 7.01. The Labute approximate surface area is 207 Å². The van der Waals surface area contributed by atoms with Crippen LogP contribution in [0.25, 0.3) is 0 Å². The minimum atomic E-state index is 0.0668. The van der Waals surface area contributed by atoms with Gasteiger partial charge in [-0.05, 0) is 49.1 Å². The normalized spacial score (nSPS) is 16.9. The molecular formula is C28H33N5O2. The summed E-state index contributed by atoms with van der Waals surface area (Å²) in [6, 6.07) is 18.5. The fourth-order valence-electron chi connectivity index (χ4n) is 4.93. The third kappa shape index (κ3) is 5.39. The summed E-state index contributed by atoms with van der Waals surface area (Å²) in [5.41, 5.74) is 2.50. The van der Waals surface area contributed by atoms with Gasteiger partial charge in [0.05, 0.1) is 0 Å². The lowest BCUT2D eigenvalue weighted by molar-refractivity contribution is -0.136. The summed E-state index contributed by atoms with van der Waals surface area (Å²) >= 11 is 0. The van der Waals surface area contributed by atoms with Crippen molar-refractivity contribution in [2.45, 2.75) is 26.2 Å². The third-order valence-electron chi connectivity index (χ3n) is 7.05. The van der Waals surface area contributed by atoms with E-state index in [0.29, 0.717) is 11.8 Å². The molecule has 2 aromatic carbocycles. The Morgan fingerprint density at radius 2 is 1.54 bits per heavy atom. The lowest BCUT2D eigenvalue weighted by Gasteiger charge is -2.39. The number of anilines is 2. The molecule has 0 N–H and O–H groups in total. The van der Waals surface area contributed by atoms with Crippen molar-refractivity contribution in [3.05, 3.63) is 72.6 Å². The number of rotatable bonds is 6. The summed E-state index contributed by atoms with van der Waals surface area (Å²) in [5, 5.41) is 0. The Kier molecular flexibility index (Phi) is 7.12. The standard InChI is InChI=1S/C28H33N5O2/c1-2-22-8-10-25(11-9-22)35-27-26(29-14-15-30-27)32-16-12-23(13-17-32)28(34)33-20-18-31(19-21-33)24-6-4-3-5-7-24/h3-11,14-15,23H,2,12-13,16-21H2,1H3. The van der Waals surface area contributed by atoms with Gasteiger partial charge in [0, 0.05) is 63.3 Å². The highest BCUT2D eigenvalue weighted by molar-refractivity contribution is 5.79. The van der Waals surface area contributed by atoms with Crippen molar-refractivity contribution in [3.8, 4) is 11.6 Å². The summed E-state index contributed by atoms with van der Waals surface area (Å²) in [7, 11) is 0. The van der Waals surface area contributed by atoms with Gasteiger partial charge in [0.1, 0.15) is 5.75 Å². The molecule has 2 aliphatic rings. The van der Waals surface area contributed by atoms with Gasteiger partial charge in [-0.15, -0.1) is 0 Å². The molecule has 0 unspecified atom stereocenters. The fraction of sp³-hybridized carbons (Fsp3) is 0.393. The van der Waals surface area contributed by atoms with Crippen LogP contribution in [0.15, 0.2) is 67.0 Å². The first-order valence-corrected chi connectivity index (χ1v) is 12.6. The van der Waals surface area contributed by atoms with E-state index in [0.717, 1.165) is 70.1 Å². The number of piperazine rings is 1. The highest BCUT2D eigenvalue weighted by Crippen LogP contribution is 2.31. The van der Waals surface area contributed by atoms with Crippen LogP contribution < -0.4 is 14.5 Å². The fourth-order valence-corrected chi connectivity index (χ4v) is 4.93. The minimum absolute atomic E-state index is 0.0668. The maximum absolute atomic E-state index is 13.2. The van der Waals surface area contributed by atoms with E-state index in [1.165, 1.54) is 11.3 Å². The molecule has 1 amide bonds. The van der Waals surface area contributed by atoms with Crippen molar-refractivity contribution in [1.82, 2.24) is 14.9 Å². The zero-order chi connectivity index (χ0) is 24.0. The van der Waals surface area contributed by atoms with Crippen LogP contribution in [0.5, 0.6) is 11.6 Å². The Bertz CT molecular complexity index is 1110. The Hall–Kier alpha value is -3.61. The molecule has 0 atom stereocenters. The molecule has 2 fully saturated rings. The van der Waals surface area contributed by atoms with E-state index in [-0.39, 0.29) is 5.92 Å². The Morgan fingerprint density at radius 1 is 0.857 bits per heavy atom. The average molecular weight is 472 g/mol. The van der Waals surface area contributed by atoms with Gasteiger partial charge < -0.3 is 19.4 Å². The molecule has 0 bridgehead atoms. The van der Waals surface area contributed by atoms with Crippen LogP contribution in [0.1, 0.15) is 25.3 Å². The first kappa shape index (κ1) is 23.1. The number of hydrogen-bond acceptors (Lipinski definition) is 6. The van der Waals surface area contributed by atoms with Crippen LogP contribution in [0.4, 0.5) is 11.5 Å². The van der Waals surface area contributed by atoms with Crippen LogP contribution in [0, 0.1) is 5.92 Å². The number of piperidine rings is 1. The summed E-state index contributed by atoms with van der Waals surface area (Å²) in [5.74, 6) is 2.37. The van der Waals surface area contributed by atoms with E-state index in [1.54, 1.807) is 12.4 Å². The number of hydrogen-bond donors (Lipinski definition) is 0. The predicted molar refractivity (Wildman–Crippen MR) is 138 cm³/mol. The summed E-state index contributed by atoms with van der Waals surface area (Å²) in [6.07, 6.45) is 5.99. The largest absolute Gasteiger partial charge is 0.436 e. The van der Waals surface area contributed by atoms with E-state index in [4.69, 9.17) is 4.74 Å². The quantitative estimate of drug-likeness (QED) is 0.531. The van der Waals surface area contributed by atoms with Crippen molar-refractivity contribution < 1.29 is 9.53 Å². The van der Waals surface area contributed by atoms with Crippen molar-refractivity contribution in [3.63, 3.8) is 0 Å². The van der Waals surface area contributed by atoms with Crippen LogP contribution in [0.3, 0.4) is 0 Å². The average Bonchev–Trinajstić information content (AvgIpc) is 2.94. The number of carbonyl (C=O) groups is 1. The van der Waals surface area contributed by atoms with Crippen molar-refractivity contribution in [1.29, 1.82) is 0 Å². The van der Waals surface area contributed by atoms with Crippen LogP contribution in [-0.2, 0) is 11.2 Å². The highest BCUT2D eigenvalue weighted by Gasteiger charge is 2.31. The molecule has 0 spiro atoms. The third-order valence-corrected chi connectivity index (χ3v) is 7.05. The number of aryl methyl sites for hydroxylation is 1. The molecule has 3 heterocycles. The van der Waals surface area contributed by atoms with Gasteiger partial charge >= 0.3 is 0 Å².